The quantitative estimate of drug-likeness (QED) is 0.918. The summed E-state index contributed by atoms with van der Waals surface area (Å²) in [5.74, 6) is 0.201. The van der Waals surface area contributed by atoms with Crippen LogP contribution in [0.4, 0.5) is 0 Å². The number of hydrogen-bond acceptors (Lipinski definition) is 3. The van der Waals surface area contributed by atoms with Gasteiger partial charge in [0.15, 0.2) is 9.84 Å². The largest absolute Gasteiger partial charge is 0.352 e. The van der Waals surface area contributed by atoms with Crippen molar-refractivity contribution >= 4 is 15.7 Å². The molecule has 4 nitrogen and oxygen atoms in total. The average molecular weight is 307 g/mol. The molecule has 1 saturated heterocycles. The summed E-state index contributed by atoms with van der Waals surface area (Å²) in [4.78, 5) is 12.0. The van der Waals surface area contributed by atoms with E-state index < -0.39 is 9.84 Å². The zero-order valence-corrected chi connectivity index (χ0v) is 12.9. The van der Waals surface area contributed by atoms with Crippen molar-refractivity contribution < 1.29 is 13.2 Å². The van der Waals surface area contributed by atoms with E-state index in [0.717, 1.165) is 18.4 Å². The van der Waals surface area contributed by atoms with E-state index in [1.807, 2.05) is 6.07 Å². The van der Waals surface area contributed by atoms with E-state index in [4.69, 9.17) is 0 Å². The second kappa shape index (κ2) is 5.79. The van der Waals surface area contributed by atoms with Crippen molar-refractivity contribution in [2.24, 2.45) is 0 Å². The molecule has 2 aliphatic rings. The fourth-order valence-electron chi connectivity index (χ4n) is 3.27. The SMILES string of the molecule is O=C(Cc1ccc2c(c1)CCCC2)NC1CCS(=O)(=O)C1. The fraction of sp³-hybridized carbons (Fsp3) is 0.562. The summed E-state index contributed by atoms with van der Waals surface area (Å²) in [6, 6.07) is 6.09. The number of nitrogens with one attached hydrogen (secondary N) is 1. The van der Waals surface area contributed by atoms with Crippen LogP contribution >= 0.6 is 0 Å². The maximum atomic E-state index is 12.0. The smallest absolute Gasteiger partial charge is 0.224 e. The monoisotopic (exact) mass is 307 g/mol. The molecule has 1 atom stereocenters. The van der Waals surface area contributed by atoms with Crippen molar-refractivity contribution in [3.63, 3.8) is 0 Å². The van der Waals surface area contributed by atoms with Crippen molar-refractivity contribution in [1.82, 2.24) is 5.32 Å². The zero-order valence-electron chi connectivity index (χ0n) is 12.1. The van der Waals surface area contributed by atoms with Crippen molar-refractivity contribution in [2.75, 3.05) is 11.5 Å². The molecule has 114 valence electrons. The second-order valence-corrected chi connectivity index (χ2v) is 8.38. The van der Waals surface area contributed by atoms with Gasteiger partial charge in [-0.1, -0.05) is 18.2 Å². The van der Waals surface area contributed by atoms with Crippen molar-refractivity contribution in [2.45, 2.75) is 44.6 Å². The maximum absolute atomic E-state index is 12.0. The number of amides is 1. The van der Waals surface area contributed by atoms with Crippen LogP contribution in [-0.4, -0.2) is 31.9 Å². The van der Waals surface area contributed by atoms with Gasteiger partial charge in [-0.25, -0.2) is 8.42 Å². The molecule has 1 aromatic rings. The minimum absolute atomic E-state index is 0.0761. The molecule has 1 aliphatic heterocycles. The highest BCUT2D eigenvalue weighted by atomic mass is 32.2. The Morgan fingerprint density at radius 3 is 2.67 bits per heavy atom. The first-order valence-electron chi connectivity index (χ1n) is 7.62. The van der Waals surface area contributed by atoms with Crippen molar-refractivity contribution in [1.29, 1.82) is 0 Å². The summed E-state index contributed by atoms with van der Waals surface area (Å²) >= 11 is 0. The molecule has 1 aromatic carbocycles. The highest BCUT2D eigenvalue weighted by Gasteiger charge is 2.28. The highest BCUT2D eigenvalue weighted by Crippen LogP contribution is 2.22. The van der Waals surface area contributed by atoms with Crippen LogP contribution in [0.1, 0.15) is 36.0 Å². The molecule has 1 fully saturated rings. The number of sulfone groups is 1. The zero-order chi connectivity index (χ0) is 14.9. The number of rotatable bonds is 3. The van der Waals surface area contributed by atoms with Gasteiger partial charge in [-0.05, 0) is 48.8 Å². The first-order valence-corrected chi connectivity index (χ1v) is 9.44. The summed E-state index contributed by atoms with van der Waals surface area (Å²) in [7, 11) is -2.94. The first-order chi connectivity index (χ1) is 10.0. The molecular weight excluding hydrogens is 286 g/mol. The Kier molecular flexibility index (Phi) is 4.02. The predicted octanol–water partition coefficient (Wildman–Crippen LogP) is 1.41. The summed E-state index contributed by atoms with van der Waals surface area (Å²) in [5, 5.41) is 2.84. The standard InChI is InChI=1S/C16H21NO3S/c18-16(17-15-7-8-21(19,20)11-15)10-12-5-6-13-3-1-2-4-14(13)9-12/h5-6,9,15H,1-4,7-8,10-11H2,(H,17,18). The molecule has 0 aromatic heterocycles. The lowest BCUT2D eigenvalue weighted by molar-refractivity contribution is -0.120. The molecule has 0 spiro atoms. The molecule has 21 heavy (non-hydrogen) atoms. The van der Waals surface area contributed by atoms with Gasteiger partial charge in [-0.2, -0.15) is 0 Å². The molecule has 1 heterocycles. The Hall–Kier alpha value is -1.36. The van der Waals surface area contributed by atoms with Gasteiger partial charge in [0, 0.05) is 6.04 Å². The van der Waals surface area contributed by atoms with Crippen LogP contribution in [0.5, 0.6) is 0 Å². The summed E-state index contributed by atoms with van der Waals surface area (Å²) in [6.07, 6.45) is 5.60. The van der Waals surface area contributed by atoms with Crippen LogP contribution < -0.4 is 5.32 Å². The van der Waals surface area contributed by atoms with Crippen molar-refractivity contribution in [3.8, 4) is 0 Å². The Morgan fingerprint density at radius 1 is 1.19 bits per heavy atom. The van der Waals surface area contributed by atoms with E-state index in [1.54, 1.807) is 0 Å². The van der Waals surface area contributed by atoms with Crippen LogP contribution in [0.25, 0.3) is 0 Å². The molecular formula is C16H21NO3S. The van der Waals surface area contributed by atoms with Crippen LogP contribution in [0.2, 0.25) is 0 Å². The summed E-state index contributed by atoms with van der Waals surface area (Å²) in [5.41, 5.74) is 3.80. The number of fused-ring (bicyclic) bond motifs is 1. The Bertz CT molecular complexity index is 651. The average Bonchev–Trinajstić information content (AvgIpc) is 2.77. The fourth-order valence-corrected chi connectivity index (χ4v) is 4.94. The number of carbonyl (C=O) groups is 1. The molecule has 1 unspecified atom stereocenters. The third-order valence-electron chi connectivity index (χ3n) is 4.38. The molecule has 5 heteroatoms. The van der Waals surface area contributed by atoms with E-state index in [9.17, 15) is 13.2 Å². The summed E-state index contributed by atoms with van der Waals surface area (Å²) in [6.45, 7) is 0. The van der Waals surface area contributed by atoms with E-state index in [-0.39, 0.29) is 23.5 Å². The number of hydrogen-bond donors (Lipinski definition) is 1. The van der Waals surface area contributed by atoms with Crippen LogP contribution in [0.3, 0.4) is 0 Å². The van der Waals surface area contributed by atoms with E-state index in [1.165, 1.54) is 24.0 Å². The lowest BCUT2D eigenvalue weighted by Gasteiger charge is -2.17. The molecule has 1 aliphatic carbocycles. The highest BCUT2D eigenvalue weighted by molar-refractivity contribution is 7.91. The molecule has 3 rings (SSSR count). The van der Waals surface area contributed by atoms with E-state index in [2.05, 4.69) is 17.4 Å². The van der Waals surface area contributed by atoms with Gasteiger partial charge < -0.3 is 5.32 Å². The number of carbonyl (C=O) groups excluding carboxylic acids is 1. The minimum atomic E-state index is -2.94. The maximum Gasteiger partial charge on any atom is 0.224 e. The van der Waals surface area contributed by atoms with Gasteiger partial charge in [0.1, 0.15) is 0 Å². The van der Waals surface area contributed by atoms with Gasteiger partial charge in [0.05, 0.1) is 17.9 Å². The van der Waals surface area contributed by atoms with Gasteiger partial charge in [0.25, 0.3) is 0 Å². The number of aryl methyl sites for hydroxylation is 2. The van der Waals surface area contributed by atoms with Gasteiger partial charge in [-0.3, -0.25) is 4.79 Å². The van der Waals surface area contributed by atoms with Crippen LogP contribution in [0.15, 0.2) is 18.2 Å². The minimum Gasteiger partial charge on any atom is -0.352 e. The van der Waals surface area contributed by atoms with Gasteiger partial charge >= 0.3 is 0 Å². The van der Waals surface area contributed by atoms with Gasteiger partial charge in [0.2, 0.25) is 5.91 Å². The molecule has 0 bridgehead atoms. The Balaban J connectivity index is 1.60. The van der Waals surface area contributed by atoms with E-state index >= 15 is 0 Å². The molecule has 0 radical (unpaired) electrons. The third-order valence-corrected chi connectivity index (χ3v) is 6.14. The topological polar surface area (TPSA) is 63.2 Å². The second-order valence-electron chi connectivity index (χ2n) is 6.15. The molecule has 1 N–H and O–H groups in total. The lowest BCUT2D eigenvalue weighted by atomic mass is 9.90. The Morgan fingerprint density at radius 2 is 1.95 bits per heavy atom. The normalized spacial score (nSPS) is 23.5. The number of benzene rings is 1. The van der Waals surface area contributed by atoms with Gasteiger partial charge in [-0.15, -0.1) is 0 Å². The molecule has 1 amide bonds. The predicted molar refractivity (Wildman–Crippen MR) is 82.0 cm³/mol. The lowest BCUT2D eigenvalue weighted by Crippen LogP contribution is -2.36. The summed E-state index contributed by atoms with van der Waals surface area (Å²) < 4.78 is 22.8. The van der Waals surface area contributed by atoms with Crippen LogP contribution in [0, 0.1) is 0 Å². The van der Waals surface area contributed by atoms with Crippen molar-refractivity contribution in [3.05, 3.63) is 34.9 Å². The Labute approximate surface area is 125 Å². The first kappa shape index (κ1) is 14.6. The van der Waals surface area contributed by atoms with E-state index in [0.29, 0.717) is 12.8 Å². The third kappa shape index (κ3) is 3.64. The molecule has 0 saturated carbocycles. The van der Waals surface area contributed by atoms with Crippen LogP contribution in [-0.2, 0) is 33.9 Å².